The van der Waals surface area contributed by atoms with Crippen LogP contribution in [-0.4, -0.2) is 24.7 Å². The van der Waals surface area contributed by atoms with E-state index in [1.54, 1.807) is 0 Å². The first-order valence-corrected chi connectivity index (χ1v) is 6.34. The molecule has 1 aromatic rings. The Kier molecular flexibility index (Phi) is 4.48. The van der Waals surface area contributed by atoms with E-state index in [1.807, 2.05) is 0 Å². The zero-order chi connectivity index (χ0) is 15.6. The summed E-state index contributed by atoms with van der Waals surface area (Å²) in [6.45, 7) is 0.252. The molecule has 1 aliphatic heterocycles. The summed E-state index contributed by atoms with van der Waals surface area (Å²) in [5.41, 5.74) is 3.84. The molecular formula is C13H14F4N2O2. The normalized spacial score (nSPS) is 22.3. The van der Waals surface area contributed by atoms with Crippen molar-refractivity contribution in [2.75, 3.05) is 11.9 Å². The molecule has 2 unspecified atom stereocenters. The zero-order valence-corrected chi connectivity index (χ0v) is 10.9. The predicted octanol–water partition coefficient (Wildman–Crippen LogP) is 2.29. The number of carbonyl (C=O) groups is 1. The van der Waals surface area contributed by atoms with Crippen molar-refractivity contribution in [3.63, 3.8) is 0 Å². The summed E-state index contributed by atoms with van der Waals surface area (Å²) in [4.78, 5) is 11.9. The molecular weight excluding hydrogens is 292 g/mol. The van der Waals surface area contributed by atoms with Gasteiger partial charge in [-0.25, -0.2) is 4.39 Å². The lowest BCUT2D eigenvalue weighted by Crippen LogP contribution is -2.30. The highest BCUT2D eigenvalue weighted by Crippen LogP contribution is 2.32. The smallest absolute Gasteiger partial charge is 0.364 e. The number of nitrogens with one attached hydrogen (secondary N) is 1. The molecule has 1 aromatic carbocycles. The Bertz CT molecular complexity index is 533. The van der Waals surface area contributed by atoms with Crippen LogP contribution in [0.15, 0.2) is 18.2 Å². The maximum absolute atomic E-state index is 13.5. The van der Waals surface area contributed by atoms with Crippen molar-refractivity contribution in [3.05, 3.63) is 29.6 Å². The summed E-state index contributed by atoms with van der Waals surface area (Å²) in [7, 11) is 0. The third kappa shape index (κ3) is 3.70. The molecule has 2 rings (SSSR count). The van der Waals surface area contributed by atoms with Crippen molar-refractivity contribution >= 4 is 11.6 Å². The van der Waals surface area contributed by atoms with E-state index in [0.29, 0.717) is 31.0 Å². The molecule has 1 heterocycles. The summed E-state index contributed by atoms with van der Waals surface area (Å²) in [6.07, 6.45) is -4.71. The van der Waals surface area contributed by atoms with Crippen molar-refractivity contribution in [1.82, 2.24) is 0 Å². The van der Waals surface area contributed by atoms with Crippen molar-refractivity contribution in [1.29, 1.82) is 0 Å². The van der Waals surface area contributed by atoms with Gasteiger partial charge in [0.15, 0.2) is 0 Å². The minimum atomic E-state index is -4.61. The Hall–Kier alpha value is -1.67. The molecule has 0 spiro atoms. The number of alkyl halides is 3. The lowest BCUT2D eigenvalue weighted by atomic mass is 10.1. The van der Waals surface area contributed by atoms with Crippen LogP contribution in [0, 0.1) is 5.82 Å². The first kappa shape index (κ1) is 15.7. The molecule has 2 atom stereocenters. The summed E-state index contributed by atoms with van der Waals surface area (Å²) < 4.78 is 56.5. The van der Waals surface area contributed by atoms with Gasteiger partial charge in [0.1, 0.15) is 11.9 Å². The average molecular weight is 306 g/mol. The summed E-state index contributed by atoms with van der Waals surface area (Å²) in [5, 5.41) is 2.13. The van der Waals surface area contributed by atoms with Crippen molar-refractivity contribution in [2.45, 2.75) is 31.2 Å². The molecule has 0 aliphatic carbocycles. The van der Waals surface area contributed by atoms with Crippen LogP contribution in [0.5, 0.6) is 0 Å². The van der Waals surface area contributed by atoms with Gasteiger partial charge in [-0.15, -0.1) is 0 Å². The summed E-state index contributed by atoms with van der Waals surface area (Å²) >= 11 is 0. The van der Waals surface area contributed by atoms with E-state index in [4.69, 9.17) is 10.5 Å². The highest BCUT2D eigenvalue weighted by Gasteiger charge is 2.33. The van der Waals surface area contributed by atoms with Crippen molar-refractivity contribution < 1.29 is 27.1 Å². The van der Waals surface area contributed by atoms with Crippen molar-refractivity contribution in [3.8, 4) is 0 Å². The number of nitrogens with two attached hydrogens (primary N) is 1. The third-order valence-electron chi connectivity index (χ3n) is 3.21. The first-order valence-electron chi connectivity index (χ1n) is 6.34. The van der Waals surface area contributed by atoms with Crippen LogP contribution in [0.1, 0.15) is 18.4 Å². The minimum absolute atomic E-state index is 0.252. The number of carbonyl (C=O) groups excluding carboxylic acids is 1. The van der Waals surface area contributed by atoms with Gasteiger partial charge < -0.3 is 15.8 Å². The second kappa shape index (κ2) is 5.98. The molecule has 116 valence electrons. The fraction of sp³-hybridized carbons (Fsp3) is 0.462. The molecule has 0 saturated carbocycles. The Morgan fingerprint density at radius 2 is 2.10 bits per heavy atom. The quantitative estimate of drug-likeness (QED) is 0.842. The Balaban J connectivity index is 2.10. The maximum atomic E-state index is 13.5. The van der Waals surface area contributed by atoms with Crippen LogP contribution in [0.4, 0.5) is 23.2 Å². The molecule has 1 amide bonds. The molecule has 0 aromatic heterocycles. The summed E-state index contributed by atoms with van der Waals surface area (Å²) in [5.74, 6) is -1.62. The molecule has 0 bridgehead atoms. The van der Waals surface area contributed by atoms with Gasteiger partial charge in [-0.2, -0.15) is 13.2 Å². The van der Waals surface area contributed by atoms with Gasteiger partial charge in [0.25, 0.3) is 5.91 Å². The number of ether oxygens (including phenoxy) is 1. The number of amides is 1. The Morgan fingerprint density at radius 3 is 2.67 bits per heavy atom. The highest BCUT2D eigenvalue weighted by molar-refractivity contribution is 5.94. The zero-order valence-electron chi connectivity index (χ0n) is 10.9. The van der Waals surface area contributed by atoms with Gasteiger partial charge in [-0.05, 0) is 31.0 Å². The number of hydrogen-bond acceptors (Lipinski definition) is 3. The average Bonchev–Trinajstić information content (AvgIpc) is 2.88. The number of anilines is 1. The number of benzene rings is 1. The number of rotatable bonds is 3. The van der Waals surface area contributed by atoms with E-state index >= 15 is 0 Å². The molecule has 3 N–H and O–H groups in total. The molecule has 1 fully saturated rings. The van der Waals surface area contributed by atoms with E-state index in [2.05, 4.69) is 5.32 Å². The second-order valence-corrected chi connectivity index (χ2v) is 4.74. The Labute approximate surface area is 118 Å². The Morgan fingerprint density at radius 1 is 1.38 bits per heavy atom. The largest absolute Gasteiger partial charge is 0.416 e. The van der Waals surface area contributed by atoms with E-state index in [0.717, 1.165) is 0 Å². The van der Waals surface area contributed by atoms with E-state index in [9.17, 15) is 22.4 Å². The van der Waals surface area contributed by atoms with Crippen LogP contribution in [0.3, 0.4) is 0 Å². The van der Waals surface area contributed by atoms with E-state index < -0.39 is 35.3 Å². The fourth-order valence-corrected chi connectivity index (χ4v) is 2.08. The minimum Gasteiger partial charge on any atom is -0.364 e. The van der Waals surface area contributed by atoms with Crippen LogP contribution in [0.2, 0.25) is 0 Å². The van der Waals surface area contributed by atoms with E-state index in [-0.39, 0.29) is 12.6 Å². The first-order chi connectivity index (χ1) is 9.81. The SMILES string of the molecule is NCC1CCC(C(=O)Nc2cc(C(F)(F)F)ccc2F)O1. The number of hydrogen-bond donors (Lipinski definition) is 2. The lowest BCUT2D eigenvalue weighted by molar-refractivity contribution is -0.137. The molecule has 1 aliphatic rings. The molecule has 4 nitrogen and oxygen atoms in total. The molecule has 1 saturated heterocycles. The third-order valence-corrected chi connectivity index (χ3v) is 3.21. The standard InChI is InChI=1S/C13H14F4N2O2/c14-9-3-1-7(13(15,16)17)5-10(9)19-12(20)11-4-2-8(6-18)21-11/h1,3,5,8,11H,2,4,6,18H2,(H,19,20). The van der Waals surface area contributed by atoms with Gasteiger partial charge in [0.2, 0.25) is 0 Å². The van der Waals surface area contributed by atoms with Crippen LogP contribution in [-0.2, 0) is 15.7 Å². The number of halogens is 4. The molecule has 0 radical (unpaired) electrons. The van der Waals surface area contributed by atoms with Crippen molar-refractivity contribution in [2.24, 2.45) is 5.73 Å². The van der Waals surface area contributed by atoms with Crippen LogP contribution >= 0.6 is 0 Å². The lowest BCUT2D eigenvalue weighted by Gasteiger charge is -2.14. The monoisotopic (exact) mass is 306 g/mol. The summed E-state index contributed by atoms with van der Waals surface area (Å²) in [6, 6.07) is 1.83. The predicted molar refractivity (Wildman–Crippen MR) is 67.0 cm³/mol. The van der Waals surface area contributed by atoms with Gasteiger partial charge in [-0.1, -0.05) is 0 Å². The topological polar surface area (TPSA) is 64.4 Å². The van der Waals surface area contributed by atoms with Gasteiger partial charge in [-0.3, -0.25) is 4.79 Å². The molecule has 8 heteroatoms. The second-order valence-electron chi connectivity index (χ2n) is 4.74. The maximum Gasteiger partial charge on any atom is 0.416 e. The van der Waals surface area contributed by atoms with Crippen LogP contribution < -0.4 is 11.1 Å². The van der Waals surface area contributed by atoms with E-state index in [1.165, 1.54) is 0 Å². The molecule has 21 heavy (non-hydrogen) atoms. The van der Waals surface area contributed by atoms with Crippen LogP contribution in [0.25, 0.3) is 0 Å². The fourth-order valence-electron chi connectivity index (χ4n) is 2.08. The van der Waals surface area contributed by atoms with Gasteiger partial charge >= 0.3 is 6.18 Å². The highest BCUT2D eigenvalue weighted by atomic mass is 19.4. The van der Waals surface area contributed by atoms with Gasteiger partial charge in [0.05, 0.1) is 17.4 Å². The van der Waals surface area contributed by atoms with Gasteiger partial charge in [0, 0.05) is 6.54 Å².